The quantitative estimate of drug-likeness (QED) is 0.343. The van der Waals surface area contributed by atoms with Gasteiger partial charge in [-0.1, -0.05) is 54.6 Å². The van der Waals surface area contributed by atoms with Gasteiger partial charge in [0, 0.05) is 17.5 Å². The maximum Gasteiger partial charge on any atom is 0.255 e. The highest BCUT2D eigenvalue weighted by Gasteiger charge is 2.38. The van der Waals surface area contributed by atoms with Gasteiger partial charge in [0.05, 0.1) is 11.4 Å². The number of nitrogens with one attached hydrogen (secondary N) is 2. The Morgan fingerprint density at radius 3 is 2.39 bits per heavy atom. The van der Waals surface area contributed by atoms with Crippen LogP contribution in [0.4, 0.5) is 11.4 Å². The highest BCUT2D eigenvalue weighted by molar-refractivity contribution is 6.05. The molecule has 1 amide bonds. The molecule has 2 aliphatic rings. The molecular formula is C31H38N4O. The molecule has 2 fully saturated rings. The summed E-state index contributed by atoms with van der Waals surface area (Å²) in [5, 5.41) is 6.72. The van der Waals surface area contributed by atoms with Gasteiger partial charge in [-0.15, -0.1) is 0 Å². The molecule has 0 bridgehead atoms. The average molecular weight is 483 g/mol. The van der Waals surface area contributed by atoms with E-state index in [9.17, 15) is 4.79 Å². The number of para-hydroxylation sites is 2. The topological polar surface area (TPSA) is 70.4 Å². The van der Waals surface area contributed by atoms with Gasteiger partial charge in [-0.3, -0.25) is 4.79 Å². The molecule has 188 valence electrons. The summed E-state index contributed by atoms with van der Waals surface area (Å²) in [6, 6.07) is 26.9. The van der Waals surface area contributed by atoms with Crippen molar-refractivity contribution in [3.05, 3.63) is 95.6 Å². The van der Waals surface area contributed by atoms with Crippen LogP contribution in [-0.4, -0.2) is 43.0 Å². The lowest BCUT2D eigenvalue weighted by atomic mass is 9.96. The summed E-state index contributed by atoms with van der Waals surface area (Å²) < 4.78 is 0. The van der Waals surface area contributed by atoms with Crippen molar-refractivity contribution in [2.24, 2.45) is 5.92 Å². The van der Waals surface area contributed by atoms with Crippen molar-refractivity contribution in [2.75, 3.05) is 37.2 Å². The van der Waals surface area contributed by atoms with Crippen molar-refractivity contribution >= 4 is 17.3 Å². The third-order valence-electron chi connectivity index (χ3n) is 7.76. The van der Waals surface area contributed by atoms with Crippen LogP contribution >= 0.6 is 0 Å². The number of hydrogen-bond acceptors (Lipinski definition) is 4. The summed E-state index contributed by atoms with van der Waals surface area (Å²) in [6.07, 6.45) is 6.07. The van der Waals surface area contributed by atoms with Crippen LogP contribution in [0.15, 0.2) is 78.9 Å². The zero-order chi connectivity index (χ0) is 24.7. The molecule has 0 radical (unpaired) electrons. The second-order valence-corrected chi connectivity index (χ2v) is 10.4. The van der Waals surface area contributed by atoms with Gasteiger partial charge in [0.15, 0.2) is 0 Å². The van der Waals surface area contributed by atoms with Crippen molar-refractivity contribution in [1.82, 2.24) is 10.2 Å². The van der Waals surface area contributed by atoms with E-state index in [-0.39, 0.29) is 5.91 Å². The van der Waals surface area contributed by atoms with Crippen LogP contribution in [0.3, 0.4) is 0 Å². The molecule has 0 spiro atoms. The van der Waals surface area contributed by atoms with Crippen molar-refractivity contribution < 1.29 is 4.79 Å². The molecule has 1 aliphatic heterocycles. The van der Waals surface area contributed by atoms with E-state index >= 15 is 0 Å². The van der Waals surface area contributed by atoms with Gasteiger partial charge >= 0.3 is 0 Å². The molecule has 1 saturated heterocycles. The van der Waals surface area contributed by atoms with Crippen LogP contribution in [0.5, 0.6) is 0 Å². The maximum absolute atomic E-state index is 12.5. The zero-order valence-electron chi connectivity index (χ0n) is 21.0. The fraction of sp³-hybridized carbons (Fsp3) is 0.387. The number of aryl methyl sites for hydroxylation is 1. The number of nitrogens with two attached hydrogens (primary N) is 1. The minimum absolute atomic E-state index is 0.130. The first kappa shape index (κ1) is 24.5. The van der Waals surface area contributed by atoms with Crippen LogP contribution < -0.4 is 16.4 Å². The van der Waals surface area contributed by atoms with Crippen molar-refractivity contribution in [3.63, 3.8) is 0 Å². The predicted octanol–water partition coefficient (Wildman–Crippen LogP) is 5.31. The van der Waals surface area contributed by atoms with Crippen LogP contribution in [0, 0.1) is 5.92 Å². The van der Waals surface area contributed by atoms with Gasteiger partial charge in [-0.05, 0) is 99.6 Å². The number of carbonyl (C=O) groups excluding carboxylic acids is 1. The largest absolute Gasteiger partial charge is 0.397 e. The molecule has 1 heterocycles. The third kappa shape index (κ3) is 6.54. The summed E-state index contributed by atoms with van der Waals surface area (Å²) in [7, 11) is 0. The molecule has 5 nitrogen and oxygen atoms in total. The first-order chi connectivity index (χ1) is 17.7. The van der Waals surface area contributed by atoms with E-state index in [2.05, 4.69) is 58.0 Å². The smallest absolute Gasteiger partial charge is 0.255 e. The van der Waals surface area contributed by atoms with E-state index in [4.69, 9.17) is 5.73 Å². The Morgan fingerprint density at radius 1 is 0.917 bits per heavy atom. The molecule has 2 atom stereocenters. The first-order valence-electron chi connectivity index (χ1n) is 13.4. The molecule has 2 unspecified atom stereocenters. The Hall–Kier alpha value is -3.15. The predicted molar refractivity (Wildman–Crippen MR) is 148 cm³/mol. The summed E-state index contributed by atoms with van der Waals surface area (Å²) in [6.45, 7) is 4.73. The SMILES string of the molecule is Nc1ccccc1NC(=O)c1ccc(CCCN2CCC(CNC3CC3c3ccccc3)CC2)cc1. The van der Waals surface area contributed by atoms with Crippen LogP contribution in [0.2, 0.25) is 0 Å². The number of amides is 1. The number of carbonyl (C=O) groups is 1. The van der Waals surface area contributed by atoms with Gasteiger partial charge in [-0.25, -0.2) is 0 Å². The first-order valence-corrected chi connectivity index (χ1v) is 13.4. The standard InChI is InChI=1S/C31H38N4O/c32-28-10-4-5-11-29(28)34-31(36)26-14-12-23(13-15-26)7-6-18-35-19-16-24(17-20-35)22-33-30-21-27(30)25-8-2-1-3-9-25/h1-5,8-15,24,27,30,33H,6-7,16-22,32H2,(H,34,36). The number of likely N-dealkylation sites (tertiary alicyclic amines) is 1. The number of benzene rings is 3. The van der Waals surface area contributed by atoms with E-state index in [1.807, 2.05) is 30.3 Å². The zero-order valence-corrected chi connectivity index (χ0v) is 21.0. The monoisotopic (exact) mass is 482 g/mol. The number of piperidine rings is 1. The molecule has 5 heteroatoms. The van der Waals surface area contributed by atoms with Crippen molar-refractivity contribution in [1.29, 1.82) is 0 Å². The number of anilines is 2. The van der Waals surface area contributed by atoms with Gasteiger partial charge in [0.2, 0.25) is 0 Å². The van der Waals surface area contributed by atoms with Crippen molar-refractivity contribution in [2.45, 2.75) is 44.1 Å². The van der Waals surface area contributed by atoms with Gasteiger partial charge in [0.1, 0.15) is 0 Å². The molecule has 1 saturated carbocycles. The lowest BCUT2D eigenvalue weighted by molar-refractivity contribution is 0.102. The second-order valence-electron chi connectivity index (χ2n) is 10.4. The maximum atomic E-state index is 12.5. The molecule has 3 aromatic carbocycles. The summed E-state index contributed by atoms with van der Waals surface area (Å²) in [5.41, 5.74) is 10.6. The van der Waals surface area contributed by atoms with Crippen molar-refractivity contribution in [3.8, 4) is 0 Å². The molecule has 36 heavy (non-hydrogen) atoms. The molecule has 1 aliphatic carbocycles. The van der Waals surface area contributed by atoms with Crippen LogP contribution in [0.25, 0.3) is 0 Å². The summed E-state index contributed by atoms with van der Waals surface area (Å²) >= 11 is 0. The second kappa shape index (κ2) is 11.7. The Bertz CT molecular complexity index is 1120. The molecule has 4 N–H and O–H groups in total. The number of hydrogen-bond donors (Lipinski definition) is 3. The molecule has 0 aromatic heterocycles. The number of nitrogen functional groups attached to an aromatic ring is 1. The van der Waals surface area contributed by atoms with E-state index in [1.165, 1.54) is 50.0 Å². The Balaban J connectivity index is 0.971. The summed E-state index contributed by atoms with van der Waals surface area (Å²) in [4.78, 5) is 15.1. The van der Waals surface area contributed by atoms with Gasteiger partial charge in [-0.2, -0.15) is 0 Å². The highest BCUT2D eigenvalue weighted by Crippen LogP contribution is 2.40. The molecule has 3 aromatic rings. The Morgan fingerprint density at radius 2 is 1.64 bits per heavy atom. The third-order valence-corrected chi connectivity index (χ3v) is 7.76. The Kier molecular flexibility index (Phi) is 7.99. The van der Waals surface area contributed by atoms with E-state index in [0.29, 0.717) is 23.0 Å². The van der Waals surface area contributed by atoms with E-state index in [1.54, 1.807) is 6.07 Å². The van der Waals surface area contributed by atoms with Crippen LogP contribution in [0.1, 0.15) is 53.1 Å². The number of nitrogens with zero attached hydrogens (tertiary/aromatic N) is 1. The lowest BCUT2D eigenvalue weighted by Gasteiger charge is -2.32. The lowest BCUT2D eigenvalue weighted by Crippen LogP contribution is -2.38. The van der Waals surface area contributed by atoms with Crippen LogP contribution in [-0.2, 0) is 6.42 Å². The molecule has 5 rings (SSSR count). The molecular weight excluding hydrogens is 444 g/mol. The Labute approximate surface area is 215 Å². The average Bonchev–Trinajstić information content (AvgIpc) is 3.70. The van der Waals surface area contributed by atoms with E-state index < -0.39 is 0 Å². The fourth-order valence-corrected chi connectivity index (χ4v) is 5.36. The highest BCUT2D eigenvalue weighted by atomic mass is 16.1. The fourth-order valence-electron chi connectivity index (χ4n) is 5.36. The minimum atomic E-state index is -0.130. The number of rotatable bonds is 10. The van der Waals surface area contributed by atoms with Gasteiger partial charge < -0.3 is 21.3 Å². The summed E-state index contributed by atoms with van der Waals surface area (Å²) in [5.74, 6) is 1.40. The van der Waals surface area contributed by atoms with Gasteiger partial charge in [0.25, 0.3) is 5.91 Å². The minimum Gasteiger partial charge on any atom is -0.397 e. The normalized spacial score (nSPS) is 20.2. The van der Waals surface area contributed by atoms with E-state index in [0.717, 1.165) is 31.2 Å².